The van der Waals surface area contributed by atoms with Crippen LogP contribution in [0.25, 0.3) is 11.4 Å². The lowest BCUT2D eigenvalue weighted by atomic mass is 9.92. The summed E-state index contributed by atoms with van der Waals surface area (Å²) in [6.07, 6.45) is 1.57. The number of halogens is 1. The minimum Gasteiger partial charge on any atom is -0.345 e. The van der Waals surface area contributed by atoms with E-state index in [-0.39, 0.29) is 17.9 Å². The zero-order chi connectivity index (χ0) is 24.9. The maximum Gasteiger partial charge on any atom is 0.241 e. The van der Waals surface area contributed by atoms with Crippen molar-refractivity contribution in [3.8, 4) is 11.4 Å². The van der Waals surface area contributed by atoms with E-state index >= 15 is 0 Å². The van der Waals surface area contributed by atoms with Gasteiger partial charge in [-0.1, -0.05) is 83.5 Å². The van der Waals surface area contributed by atoms with Crippen LogP contribution in [0.4, 0.5) is 0 Å². The molecule has 1 N–H and O–H groups in total. The molecule has 6 nitrogen and oxygen atoms in total. The molecule has 7 heteroatoms. The summed E-state index contributed by atoms with van der Waals surface area (Å²) in [7, 11) is 0. The second-order valence-electron chi connectivity index (χ2n) is 9.25. The Labute approximate surface area is 216 Å². The number of piperidine rings is 1. The largest absolute Gasteiger partial charge is 0.345 e. The van der Waals surface area contributed by atoms with Gasteiger partial charge in [0, 0.05) is 11.5 Å². The molecule has 1 aliphatic rings. The molecule has 1 amide bonds. The van der Waals surface area contributed by atoms with Crippen molar-refractivity contribution < 1.29 is 9.32 Å². The highest BCUT2D eigenvalue weighted by Crippen LogP contribution is 2.28. The monoisotopic (exact) mass is 500 g/mol. The molecule has 1 unspecified atom stereocenters. The summed E-state index contributed by atoms with van der Waals surface area (Å²) in [5, 5.41) is 8.03. The number of carbonyl (C=O) groups excluding carboxylic acids is 1. The molecule has 1 atom stereocenters. The van der Waals surface area contributed by atoms with Crippen LogP contribution in [-0.2, 0) is 11.3 Å². The SMILES string of the molecule is Cc1ccccc1C(NC(=O)C1CCN(Cc2nc(-c3ccccc3Cl)no2)CC1)c1ccccc1. The minimum atomic E-state index is -0.167. The minimum absolute atomic E-state index is 0.0298. The smallest absolute Gasteiger partial charge is 0.241 e. The van der Waals surface area contributed by atoms with Crippen LogP contribution in [0.2, 0.25) is 5.02 Å². The van der Waals surface area contributed by atoms with Crippen LogP contribution < -0.4 is 5.32 Å². The maximum absolute atomic E-state index is 13.3. The van der Waals surface area contributed by atoms with Crippen molar-refractivity contribution in [2.45, 2.75) is 32.4 Å². The standard InChI is InChI=1S/C29H29ClN4O2/c1-20-9-5-6-12-23(20)27(21-10-3-2-4-11-21)32-29(35)22-15-17-34(18-16-22)19-26-31-28(33-36-26)24-13-7-8-14-25(24)30/h2-14,22,27H,15-19H2,1H3,(H,32,35). The predicted octanol–water partition coefficient (Wildman–Crippen LogP) is 5.82. The van der Waals surface area contributed by atoms with Gasteiger partial charge in [-0.3, -0.25) is 9.69 Å². The Bertz CT molecular complexity index is 1320. The molecule has 1 aliphatic heterocycles. The number of carbonyl (C=O) groups is 1. The first kappa shape index (κ1) is 24.2. The Balaban J connectivity index is 1.20. The van der Waals surface area contributed by atoms with Gasteiger partial charge >= 0.3 is 0 Å². The van der Waals surface area contributed by atoms with E-state index in [2.05, 4.69) is 51.5 Å². The van der Waals surface area contributed by atoms with Crippen molar-refractivity contribution in [2.24, 2.45) is 5.92 Å². The van der Waals surface area contributed by atoms with Crippen molar-refractivity contribution in [3.63, 3.8) is 0 Å². The number of hydrogen-bond donors (Lipinski definition) is 1. The predicted molar refractivity (Wildman–Crippen MR) is 140 cm³/mol. The third-order valence-electron chi connectivity index (χ3n) is 6.82. The van der Waals surface area contributed by atoms with E-state index in [1.54, 1.807) is 0 Å². The van der Waals surface area contributed by atoms with Gasteiger partial charge < -0.3 is 9.84 Å². The maximum atomic E-state index is 13.3. The van der Waals surface area contributed by atoms with Crippen molar-refractivity contribution >= 4 is 17.5 Å². The van der Waals surface area contributed by atoms with Crippen LogP contribution in [0.1, 0.15) is 41.5 Å². The number of aromatic nitrogens is 2. The third-order valence-corrected chi connectivity index (χ3v) is 7.15. The zero-order valence-electron chi connectivity index (χ0n) is 20.2. The fourth-order valence-electron chi connectivity index (χ4n) is 4.77. The van der Waals surface area contributed by atoms with Gasteiger partial charge in [-0.25, -0.2) is 0 Å². The summed E-state index contributed by atoms with van der Waals surface area (Å²) in [5.41, 5.74) is 4.13. The van der Waals surface area contributed by atoms with Crippen molar-refractivity contribution in [1.29, 1.82) is 0 Å². The average Bonchev–Trinajstić information content (AvgIpc) is 3.37. The number of aryl methyl sites for hydroxylation is 1. The molecule has 1 fully saturated rings. The highest BCUT2D eigenvalue weighted by molar-refractivity contribution is 6.33. The lowest BCUT2D eigenvalue weighted by Gasteiger charge is -2.31. The molecule has 0 saturated carbocycles. The van der Waals surface area contributed by atoms with E-state index in [0.717, 1.165) is 48.2 Å². The van der Waals surface area contributed by atoms with E-state index in [1.165, 1.54) is 0 Å². The highest BCUT2D eigenvalue weighted by Gasteiger charge is 2.28. The molecule has 2 heterocycles. The molecule has 3 aromatic carbocycles. The lowest BCUT2D eigenvalue weighted by molar-refractivity contribution is -0.127. The van der Waals surface area contributed by atoms with E-state index in [4.69, 9.17) is 16.1 Å². The molecule has 0 aliphatic carbocycles. The van der Waals surface area contributed by atoms with Crippen molar-refractivity contribution in [3.05, 3.63) is 106 Å². The van der Waals surface area contributed by atoms with Crippen LogP contribution >= 0.6 is 11.6 Å². The Morgan fingerprint density at radius 2 is 1.72 bits per heavy atom. The first-order valence-corrected chi connectivity index (χ1v) is 12.7. The van der Waals surface area contributed by atoms with Crippen LogP contribution in [0, 0.1) is 12.8 Å². The van der Waals surface area contributed by atoms with Gasteiger partial charge in [0.15, 0.2) is 0 Å². The summed E-state index contributed by atoms with van der Waals surface area (Å²) in [6.45, 7) is 4.23. The molecular weight excluding hydrogens is 472 g/mol. The van der Waals surface area contributed by atoms with Gasteiger partial charge in [0.25, 0.3) is 0 Å². The molecule has 1 saturated heterocycles. The van der Waals surface area contributed by atoms with E-state index in [9.17, 15) is 4.79 Å². The van der Waals surface area contributed by atoms with Crippen LogP contribution in [0.3, 0.4) is 0 Å². The van der Waals surface area contributed by atoms with Gasteiger partial charge in [-0.05, 0) is 61.7 Å². The van der Waals surface area contributed by atoms with Gasteiger partial charge in [-0.15, -0.1) is 0 Å². The number of benzene rings is 3. The topological polar surface area (TPSA) is 71.3 Å². The van der Waals surface area contributed by atoms with E-state index in [1.807, 2.05) is 54.6 Å². The van der Waals surface area contributed by atoms with Crippen LogP contribution in [-0.4, -0.2) is 34.0 Å². The van der Waals surface area contributed by atoms with Crippen LogP contribution in [0.15, 0.2) is 83.4 Å². The summed E-state index contributed by atoms with van der Waals surface area (Å²) < 4.78 is 5.47. The van der Waals surface area contributed by atoms with Crippen molar-refractivity contribution in [2.75, 3.05) is 13.1 Å². The molecule has 0 radical (unpaired) electrons. The molecule has 1 aromatic heterocycles. The summed E-state index contributed by atoms with van der Waals surface area (Å²) in [6, 6.07) is 25.7. The van der Waals surface area contributed by atoms with Crippen LogP contribution in [0.5, 0.6) is 0 Å². The molecule has 5 rings (SSSR count). The number of rotatable bonds is 7. The fourth-order valence-corrected chi connectivity index (χ4v) is 4.99. The van der Waals surface area contributed by atoms with Gasteiger partial charge in [0.2, 0.25) is 17.6 Å². The average molecular weight is 501 g/mol. The first-order chi connectivity index (χ1) is 17.6. The molecule has 0 bridgehead atoms. The molecular formula is C29H29ClN4O2. The number of nitrogens with zero attached hydrogens (tertiary/aromatic N) is 3. The molecule has 36 heavy (non-hydrogen) atoms. The van der Waals surface area contributed by atoms with Gasteiger partial charge in [0.1, 0.15) is 0 Å². The number of hydrogen-bond acceptors (Lipinski definition) is 5. The van der Waals surface area contributed by atoms with Crippen molar-refractivity contribution in [1.82, 2.24) is 20.4 Å². The number of amides is 1. The van der Waals surface area contributed by atoms with Gasteiger partial charge in [-0.2, -0.15) is 4.98 Å². The fraction of sp³-hybridized carbons (Fsp3) is 0.276. The Hall–Kier alpha value is -3.48. The lowest BCUT2D eigenvalue weighted by Crippen LogP contribution is -2.41. The molecule has 4 aromatic rings. The molecule has 184 valence electrons. The highest BCUT2D eigenvalue weighted by atomic mass is 35.5. The molecule has 0 spiro atoms. The first-order valence-electron chi connectivity index (χ1n) is 12.3. The second-order valence-corrected chi connectivity index (χ2v) is 9.66. The van der Waals surface area contributed by atoms with E-state index in [0.29, 0.717) is 23.3 Å². The third kappa shape index (κ3) is 5.50. The zero-order valence-corrected chi connectivity index (χ0v) is 21.0. The Kier molecular flexibility index (Phi) is 7.44. The quantitative estimate of drug-likeness (QED) is 0.346. The van der Waals surface area contributed by atoms with Gasteiger partial charge in [0.05, 0.1) is 17.6 Å². The summed E-state index contributed by atoms with van der Waals surface area (Å²) in [4.78, 5) is 20.1. The number of nitrogens with one attached hydrogen (secondary N) is 1. The summed E-state index contributed by atoms with van der Waals surface area (Å²) >= 11 is 6.26. The number of likely N-dealkylation sites (tertiary alicyclic amines) is 1. The summed E-state index contributed by atoms with van der Waals surface area (Å²) in [5.74, 6) is 1.12. The Morgan fingerprint density at radius 1 is 1.03 bits per heavy atom. The van der Waals surface area contributed by atoms with E-state index < -0.39 is 0 Å². The Morgan fingerprint density at radius 3 is 2.47 bits per heavy atom. The second kappa shape index (κ2) is 11.1. The normalized spacial score (nSPS) is 15.5.